The lowest BCUT2D eigenvalue weighted by molar-refractivity contribution is 0.558. The van der Waals surface area contributed by atoms with Crippen molar-refractivity contribution in [3.05, 3.63) is 35.9 Å². The van der Waals surface area contributed by atoms with Crippen molar-refractivity contribution >= 4 is 0 Å². The Morgan fingerprint density at radius 2 is 1.85 bits per heavy atom. The number of rotatable bonds is 6. The predicted octanol–water partition coefficient (Wildman–Crippen LogP) is 0.500. The fraction of sp³-hybridized carbons (Fsp3) is 0.400. The molecule has 0 fully saturated rings. The maximum absolute atomic E-state index is 3.33. The van der Waals surface area contributed by atoms with Crippen molar-refractivity contribution in [1.29, 1.82) is 0 Å². The van der Waals surface area contributed by atoms with Crippen LogP contribution in [-0.2, 0) is 6.54 Å². The summed E-state index contributed by atoms with van der Waals surface area (Å²) in [5, 5.41) is 3.33. The molecular formula is C10H17N3. The van der Waals surface area contributed by atoms with E-state index in [0.717, 1.165) is 19.6 Å². The zero-order chi connectivity index (χ0) is 9.36. The first-order chi connectivity index (χ1) is 6.43. The van der Waals surface area contributed by atoms with E-state index < -0.39 is 0 Å². The van der Waals surface area contributed by atoms with Crippen LogP contribution < -0.4 is 16.2 Å². The van der Waals surface area contributed by atoms with Crippen LogP contribution in [0.4, 0.5) is 0 Å². The molecule has 0 aromatic heterocycles. The van der Waals surface area contributed by atoms with Gasteiger partial charge in [0, 0.05) is 19.6 Å². The molecule has 0 heterocycles. The lowest BCUT2D eigenvalue weighted by atomic mass is 10.2. The number of benzene rings is 1. The molecule has 3 heteroatoms. The maximum atomic E-state index is 3.33. The van der Waals surface area contributed by atoms with E-state index in [1.165, 1.54) is 5.56 Å². The number of nitrogens with one attached hydrogen (secondary N) is 3. The molecule has 0 bridgehead atoms. The third-order valence-electron chi connectivity index (χ3n) is 1.78. The van der Waals surface area contributed by atoms with Crippen molar-refractivity contribution in [2.45, 2.75) is 6.54 Å². The molecule has 1 aromatic carbocycles. The standard InChI is InChI=1S/C10H17N3/c1-11-13-8-7-12-9-10-5-3-2-4-6-10/h2-6,11-13H,7-9H2,1H3. The molecule has 0 spiro atoms. The normalized spacial score (nSPS) is 10.2. The van der Waals surface area contributed by atoms with Crippen LogP contribution in [0.15, 0.2) is 30.3 Å². The maximum Gasteiger partial charge on any atom is 0.0225 e. The second kappa shape index (κ2) is 6.60. The number of hydrazine groups is 1. The van der Waals surface area contributed by atoms with Gasteiger partial charge in [-0.25, -0.2) is 0 Å². The van der Waals surface area contributed by atoms with Gasteiger partial charge in [0.1, 0.15) is 0 Å². The highest BCUT2D eigenvalue weighted by atomic mass is 15.3. The summed E-state index contributed by atoms with van der Waals surface area (Å²) in [6, 6.07) is 10.4. The van der Waals surface area contributed by atoms with E-state index in [4.69, 9.17) is 0 Å². The van der Waals surface area contributed by atoms with Crippen molar-refractivity contribution in [2.75, 3.05) is 20.1 Å². The highest BCUT2D eigenvalue weighted by Gasteiger charge is 1.89. The van der Waals surface area contributed by atoms with Crippen molar-refractivity contribution in [2.24, 2.45) is 0 Å². The molecule has 0 amide bonds. The van der Waals surface area contributed by atoms with Crippen molar-refractivity contribution < 1.29 is 0 Å². The molecule has 0 unspecified atom stereocenters. The van der Waals surface area contributed by atoms with Crippen molar-refractivity contribution in [3.8, 4) is 0 Å². The summed E-state index contributed by atoms with van der Waals surface area (Å²) in [4.78, 5) is 0. The fourth-order valence-electron chi connectivity index (χ4n) is 1.10. The van der Waals surface area contributed by atoms with Crippen LogP contribution >= 0.6 is 0 Å². The average molecular weight is 179 g/mol. The zero-order valence-electron chi connectivity index (χ0n) is 8.01. The van der Waals surface area contributed by atoms with E-state index in [1.807, 2.05) is 13.1 Å². The van der Waals surface area contributed by atoms with Gasteiger partial charge in [-0.15, -0.1) is 0 Å². The molecule has 1 rings (SSSR count). The van der Waals surface area contributed by atoms with Gasteiger partial charge in [-0.1, -0.05) is 30.3 Å². The minimum absolute atomic E-state index is 0.934. The highest BCUT2D eigenvalue weighted by molar-refractivity contribution is 5.14. The zero-order valence-corrected chi connectivity index (χ0v) is 8.01. The molecule has 1 aromatic rings. The second-order valence-electron chi connectivity index (χ2n) is 2.84. The highest BCUT2D eigenvalue weighted by Crippen LogP contribution is 1.96. The first kappa shape index (κ1) is 10.2. The fourth-order valence-corrected chi connectivity index (χ4v) is 1.10. The molecule has 3 N–H and O–H groups in total. The largest absolute Gasteiger partial charge is 0.311 e. The molecule has 3 nitrogen and oxygen atoms in total. The Kier molecular flexibility index (Phi) is 5.17. The van der Waals surface area contributed by atoms with Gasteiger partial charge in [0.15, 0.2) is 0 Å². The molecule has 0 radical (unpaired) electrons. The minimum atomic E-state index is 0.934. The number of hydrogen-bond donors (Lipinski definition) is 3. The Bertz CT molecular complexity index is 211. The molecule has 72 valence electrons. The van der Waals surface area contributed by atoms with Gasteiger partial charge in [-0.2, -0.15) is 0 Å². The summed E-state index contributed by atoms with van der Waals surface area (Å²) in [5.74, 6) is 0. The molecular weight excluding hydrogens is 162 g/mol. The van der Waals surface area contributed by atoms with Gasteiger partial charge >= 0.3 is 0 Å². The summed E-state index contributed by atoms with van der Waals surface area (Å²) in [6.07, 6.45) is 0. The lowest BCUT2D eigenvalue weighted by Gasteiger charge is -2.05. The third kappa shape index (κ3) is 4.62. The number of hydrogen-bond acceptors (Lipinski definition) is 3. The Morgan fingerprint density at radius 3 is 2.54 bits per heavy atom. The van der Waals surface area contributed by atoms with Gasteiger partial charge in [-0.05, 0) is 12.6 Å². The predicted molar refractivity (Wildman–Crippen MR) is 55.2 cm³/mol. The van der Waals surface area contributed by atoms with Gasteiger partial charge < -0.3 is 5.32 Å². The van der Waals surface area contributed by atoms with Gasteiger partial charge in [0.05, 0.1) is 0 Å². The smallest absolute Gasteiger partial charge is 0.0225 e. The Balaban J connectivity index is 2.07. The van der Waals surface area contributed by atoms with Crippen LogP contribution in [0.3, 0.4) is 0 Å². The molecule has 0 aliphatic carbocycles. The van der Waals surface area contributed by atoms with E-state index in [2.05, 4.69) is 40.4 Å². The van der Waals surface area contributed by atoms with Crippen LogP contribution in [0.1, 0.15) is 5.56 Å². The molecule has 0 atom stereocenters. The van der Waals surface area contributed by atoms with Crippen LogP contribution in [-0.4, -0.2) is 20.1 Å². The Hall–Kier alpha value is -0.900. The first-order valence-corrected chi connectivity index (χ1v) is 4.57. The van der Waals surface area contributed by atoms with E-state index in [0.29, 0.717) is 0 Å². The SMILES string of the molecule is CNNCCNCc1ccccc1. The third-order valence-corrected chi connectivity index (χ3v) is 1.78. The quantitative estimate of drug-likeness (QED) is 0.439. The average Bonchev–Trinajstić information content (AvgIpc) is 2.19. The van der Waals surface area contributed by atoms with Crippen LogP contribution in [0.5, 0.6) is 0 Å². The van der Waals surface area contributed by atoms with Gasteiger partial charge in [-0.3, -0.25) is 10.9 Å². The lowest BCUT2D eigenvalue weighted by Crippen LogP contribution is -2.34. The summed E-state index contributed by atoms with van der Waals surface area (Å²) in [5.41, 5.74) is 7.22. The van der Waals surface area contributed by atoms with Gasteiger partial charge in [0.25, 0.3) is 0 Å². The monoisotopic (exact) mass is 179 g/mol. The van der Waals surface area contributed by atoms with Gasteiger partial charge in [0.2, 0.25) is 0 Å². The molecule has 13 heavy (non-hydrogen) atoms. The molecule has 0 saturated heterocycles. The van der Waals surface area contributed by atoms with E-state index in [9.17, 15) is 0 Å². The molecule has 0 saturated carbocycles. The Labute approximate surface area is 79.5 Å². The second-order valence-corrected chi connectivity index (χ2v) is 2.84. The van der Waals surface area contributed by atoms with Crippen LogP contribution in [0, 0.1) is 0 Å². The van der Waals surface area contributed by atoms with Crippen molar-refractivity contribution in [1.82, 2.24) is 16.2 Å². The summed E-state index contributed by atoms with van der Waals surface area (Å²) < 4.78 is 0. The summed E-state index contributed by atoms with van der Waals surface area (Å²) >= 11 is 0. The minimum Gasteiger partial charge on any atom is -0.311 e. The first-order valence-electron chi connectivity index (χ1n) is 4.57. The van der Waals surface area contributed by atoms with E-state index in [-0.39, 0.29) is 0 Å². The summed E-state index contributed by atoms with van der Waals surface area (Å²) in [7, 11) is 1.87. The van der Waals surface area contributed by atoms with E-state index >= 15 is 0 Å². The summed E-state index contributed by atoms with van der Waals surface area (Å²) in [6.45, 7) is 2.84. The molecule has 0 aliphatic rings. The Morgan fingerprint density at radius 1 is 1.08 bits per heavy atom. The molecule has 0 aliphatic heterocycles. The van der Waals surface area contributed by atoms with Crippen LogP contribution in [0.2, 0.25) is 0 Å². The van der Waals surface area contributed by atoms with Crippen molar-refractivity contribution in [3.63, 3.8) is 0 Å². The van der Waals surface area contributed by atoms with Crippen LogP contribution in [0.25, 0.3) is 0 Å². The topological polar surface area (TPSA) is 36.1 Å². The van der Waals surface area contributed by atoms with E-state index in [1.54, 1.807) is 0 Å².